The zero-order valence-corrected chi connectivity index (χ0v) is 18.5. The molecule has 2 aromatic carbocycles. The molecule has 1 aliphatic rings. The summed E-state index contributed by atoms with van der Waals surface area (Å²) in [7, 11) is 3.01. The number of amides is 2. The fourth-order valence-electron chi connectivity index (χ4n) is 3.61. The monoisotopic (exact) mass is 452 g/mol. The molecule has 4 rings (SSSR count). The number of aromatic nitrogens is 2. The molecule has 10 heteroatoms. The summed E-state index contributed by atoms with van der Waals surface area (Å²) in [6.45, 7) is 2.89. The van der Waals surface area contributed by atoms with Gasteiger partial charge in [0.05, 0.1) is 26.7 Å². The second kappa shape index (κ2) is 9.60. The topological polar surface area (TPSA) is 116 Å². The molecule has 2 heterocycles. The molecule has 0 spiro atoms. The number of rotatable bonds is 8. The number of nitrogens with zero attached hydrogens (tertiary/aromatic N) is 3. The van der Waals surface area contributed by atoms with E-state index in [1.54, 1.807) is 23.1 Å². The van der Waals surface area contributed by atoms with Crippen LogP contribution >= 0.6 is 0 Å². The van der Waals surface area contributed by atoms with Gasteiger partial charge in [0.25, 0.3) is 5.91 Å². The second-order valence-electron chi connectivity index (χ2n) is 7.30. The molecule has 10 nitrogen and oxygen atoms in total. The lowest BCUT2D eigenvalue weighted by molar-refractivity contribution is -0.117. The van der Waals surface area contributed by atoms with Crippen LogP contribution < -0.4 is 24.4 Å². The number of methoxy groups -OCH3 is 2. The summed E-state index contributed by atoms with van der Waals surface area (Å²) in [4.78, 5) is 26.8. The highest BCUT2D eigenvalue weighted by Crippen LogP contribution is 2.33. The highest BCUT2D eigenvalue weighted by Gasteiger charge is 2.35. The van der Waals surface area contributed by atoms with Crippen molar-refractivity contribution in [3.8, 4) is 17.2 Å². The van der Waals surface area contributed by atoms with Gasteiger partial charge in [-0.05, 0) is 49.4 Å². The van der Waals surface area contributed by atoms with Crippen LogP contribution in [0.4, 0.5) is 11.7 Å². The van der Waals surface area contributed by atoms with E-state index in [4.69, 9.17) is 18.6 Å². The van der Waals surface area contributed by atoms with Crippen LogP contribution in [0, 0.1) is 0 Å². The molecule has 3 aromatic rings. The largest absolute Gasteiger partial charge is 0.494 e. The van der Waals surface area contributed by atoms with Gasteiger partial charge in [-0.1, -0.05) is 5.10 Å². The first-order chi connectivity index (χ1) is 16.0. The van der Waals surface area contributed by atoms with Gasteiger partial charge >= 0.3 is 6.01 Å². The lowest BCUT2D eigenvalue weighted by atomic mass is 10.1. The number of carbonyl (C=O) groups excluding carboxylic acids is 2. The maximum absolute atomic E-state index is 12.6. The third-order valence-corrected chi connectivity index (χ3v) is 5.24. The minimum absolute atomic E-state index is 0.0433. The quantitative estimate of drug-likeness (QED) is 0.554. The van der Waals surface area contributed by atoms with Gasteiger partial charge in [-0.3, -0.25) is 14.9 Å². The first-order valence-corrected chi connectivity index (χ1v) is 10.4. The minimum atomic E-state index is -0.440. The van der Waals surface area contributed by atoms with E-state index in [0.717, 1.165) is 11.4 Å². The minimum Gasteiger partial charge on any atom is -0.494 e. The molecule has 0 radical (unpaired) electrons. The number of ether oxygens (including phenoxy) is 3. The Kier molecular flexibility index (Phi) is 6.43. The number of nitrogens with one attached hydrogen (secondary N) is 1. The smallest absolute Gasteiger partial charge is 0.322 e. The van der Waals surface area contributed by atoms with E-state index in [0.29, 0.717) is 36.1 Å². The van der Waals surface area contributed by atoms with Gasteiger partial charge in [-0.2, -0.15) is 0 Å². The average Bonchev–Trinajstić information content (AvgIpc) is 3.45. The van der Waals surface area contributed by atoms with Crippen molar-refractivity contribution in [2.24, 2.45) is 0 Å². The lowest BCUT2D eigenvalue weighted by Crippen LogP contribution is -2.24. The third kappa shape index (κ3) is 4.74. The molecule has 1 fully saturated rings. The second-order valence-corrected chi connectivity index (χ2v) is 7.30. The van der Waals surface area contributed by atoms with Crippen molar-refractivity contribution in [3.05, 3.63) is 53.9 Å². The Morgan fingerprint density at radius 2 is 1.88 bits per heavy atom. The highest BCUT2D eigenvalue weighted by atomic mass is 16.5. The predicted octanol–water partition coefficient (Wildman–Crippen LogP) is 3.26. The number of anilines is 2. The van der Waals surface area contributed by atoms with Crippen molar-refractivity contribution >= 4 is 23.5 Å². The van der Waals surface area contributed by atoms with Crippen LogP contribution in [0.5, 0.6) is 17.2 Å². The maximum Gasteiger partial charge on any atom is 0.322 e. The summed E-state index contributed by atoms with van der Waals surface area (Å²) in [5.74, 6) is 1.22. The predicted molar refractivity (Wildman–Crippen MR) is 119 cm³/mol. The van der Waals surface area contributed by atoms with Crippen molar-refractivity contribution < 1.29 is 28.2 Å². The zero-order chi connectivity index (χ0) is 23.4. The summed E-state index contributed by atoms with van der Waals surface area (Å²) >= 11 is 0. The Labute approximate surface area is 190 Å². The molecule has 172 valence electrons. The van der Waals surface area contributed by atoms with Crippen LogP contribution in [-0.4, -0.2) is 49.4 Å². The lowest BCUT2D eigenvalue weighted by Gasteiger charge is -2.16. The van der Waals surface area contributed by atoms with E-state index in [9.17, 15) is 9.59 Å². The van der Waals surface area contributed by atoms with Gasteiger partial charge in [0, 0.05) is 24.2 Å². The van der Waals surface area contributed by atoms with E-state index in [2.05, 4.69) is 15.5 Å². The maximum atomic E-state index is 12.6. The van der Waals surface area contributed by atoms with Gasteiger partial charge in [0.1, 0.15) is 5.75 Å². The van der Waals surface area contributed by atoms with E-state index in [-0.39, 0.29) is 24.3 Å². The van der Waals surface area contributed by atoms with Gasteiger partial charge in [0.15, 0.2) is 11.5 Å². The molecule has 0 bridgehead atoms. The van der Waals surface area contributed by atoms with Crippen molar-refractivity contribution in [1.29, 1.82) is 0 Å². The summed E-state index contributed by atoms with van der Waals surface area (Å²) < 4.78 is 21.5. The Hall–Kier alpha value is -4.08. The summed E-state index contributed by atoms with van der Waals surface area (Å²) in [5, 5.41) is 10.5. The van der Waals surface area contributed by atoms with Gasteiger partial charge < -0.3 is 23.5 Å². The molecule has 33 heavy (non-hydrogen) atoms. The molecular weight excluding hydrogens is 428 g/mol. The number of carbonyl (C=O) groups is 2. The van der Waals surface area contributed by atoms with E-state index in [1.165, 1.54) is 14.2 Å². The summed E-state index contributed by atoms with van der Waals surface area (Å²) in [5.41, 5.74) is 1.11. The fourth-order valence-corrected chi connectivity index (χ4v) is 3.61. The standard InChI is InChI=1S/C23H24N4O6/c1-4-32-17-8-6-16(7-9-17)27-13-15(12-20(27)28)22-25-26-23(33-22)24-21(29)14-5-10-18(30-2)19(11-14)31-3/h5-11,15H,4,12-13H2,1-3H3,(H,24,26,29). The van der Waals surface area contributed by atoms with E-state index in [1.807, 2.05) is 31.2 Å². The molecule has 0 saturated carbocycles. The third-order valence-electron chi connectivity index (χ3n) is 5.24. The number of benzene rings is 2. The van der Waals surface area contributed by atoms with Crippen molar-refractivity contribution in [2.45, 2.75) is 19.3 Å². The number of hydrogen-bond acceptors (Lipinski definition) is 8. The Balaban J connectivity index is 1.42. The summed E-state index contributed by atoms with van der Waals surface area (Å²) in [6.07, 6.45) is 0.235. The van der Waals surface area contributed by atoms with Crippen molar-refractivity contribution in [3.63, 3.8) is 0 Å². The van der Waals surface area contributed by atoms with Gasteiger partial charge in [0.2, 0.25) is 11.8 Å². The van der Waals surface area contributed by atoms with Crippen LogP contribution in [0.3, 0.4) is 0 Å². The fraction of sp³-hybridized carbons (Fsp3) is 0.304. The normalized spacial score (nSPS) is 15.4. The van der Waals surface area contributed by atoms with Gasteiger partial charge in [-0.15, -0.1) is 5.10 Å². The molecular formula is C23H24N4O6. The molecule has 1 aromatic heterocycles. The molecule has 1 atom stereocenters. The average molecular weight is 452 g/mol. The molecule has 1 saturated heterocycles. The van der Waals surface area contributed by atoms with Crippen molar-refractivity contribution in [1.82, 2.24) is 10.2 Å². The molecule has 2 amide bonds. The first-order valence-electron chi connectivity index (χ1n) is 10.4. The summed E-state index contributed by atoms with van der Waals surface area (Å²) in [6, 6.07) is 12.1. The van der Waals surface area contributed by atoms with E-state index >= 15 is 0 Å². The molecule has 1 unspecified atom stereocenters. The van der Waals surface area contributed by atoms with Crippen LogP contribution in [0.2, 0.25) is 0 Å². The van der Waals surface area contributed by atoms with E-state index < -0.39 is 5.91 Å². The van der Waals surface area contributed by atoms with Crippen molar-refractivity contribution in [2.75, 3.05) is 37.6 Å². The van der Waals surface area contributed by atoms with Gasteiger partial charge in [-0.25, -0.2) is 0 Å². The number of hydrogen-bond donors (Lipinski definition) is 1. The SMILES string of the molecule is CCOc1ccc(N2CC(c3nnc(NC(=O)c4ccc(OC)c(OC)c4)o3)CC2=O)cc1. The van der Waals surface area contributed by atoms with Crippen LogP contribution in [0.25, 0.3) is 0 Å². The molecule has 1 aliphatic heterocycles. The Bertz CT molecular complexity index is 1140. The Morgan fingerprint density at radius 3 is 2.58 bits per heavy atom. The van der Waals surface area contributed by atoms with Crippen LogP contribution in [0.15, 0.2) is 46.9 Å². The highest BCUT2D eigenvalue weighted by molar-refractivity contribution is 6.03. The molecule has 0 aliphatic carbocycles. The zero-order valence-electron chi connectivity index (χ0n) is 18.5. The Morgan fingerprint density at radius 1 is 1.12 bits per heavy atom. The first kappa shape index (κ1) is 22.1. The van der Waals surface area contributed by atoms with Crippen LogP contribution in [0.1, 0.15) is 35.5 Å². The van der Waals surface area contributed by atoms with Crippen LogP contribution in [-0.2, 0) is 4.79 Å². The molecule has 1 N–H and O–H groups in total.